The average molecular weight is 553 g/mol. The van der Waals surface area contributed by atoms with E-state index in [1.807, 2.05) is 13.0 Å². The Balaban J connectivity index is 1.34. The molecule has 7 N–H and O–H groups in total. The van der Waals surface area contributed by atoms with Crippen LogP contribution in [0.25, 0.3) is 10.9 Å². The van der Waals surface area contributed by atoms with Crippen LogP contribution in [0.3, 0.4) is 0 Å². The van der Waals surface area contributed by atoms with E-state index >= 15 is 0 Å². The number of hydrogen-bond acceptors (Lipinski definition) is 6. The highest BCUT2D eigenvalue weighted by Crippen LogP contribution is 2.31. The van der Waals surface area contributed by atoms with Gasteiger partial charge in [0.1, 0.15) is 11.5 Å². The van der Waals surface area contributed by atoms with Gasteiger partial charge in [-0.05, 0) is 60.9 Å². The first kappa shape index (κ1) is 28.5. The van der Waals surface area contributed by atoms with Gasteiger partial charge in [-0.1, -0.05) is 30.3 Å². The molecule has 0 radical (unpaired) electrons. The average Bonchev–Trinajstić information content (AvgIpc) is 2.91. The predicted molar refractivity (Wildman–Crippen MR) is 148 cm³/mol. The molecule has 4 aromatic rings. The lowest BCUT2D eigenvalue weighted by Gasteiger charge is -2.20. The summed E-state index contributed by atoms with van der Waals surface area (Å²) in [5.74, 6) is -3.12. The fourth-order valence-corrected chi connectivity index (χ4v) is 4.38. The van der Waals surface area contributed by atoms with E-state index in [-0.39, 0.29) is 46.4 Å². The topological polar surface area (TPSA) is 150 Å². The highest BCUT2D eigenvalue weighted by molar-refractivity contribution is 5.88. The summed E-state index contributed by atoms with van der Waals surface area (Å²) in [6.07, 6.45) is -0.379. The van der Waals surface area contributed by atoms with Crippen molar-refractivity contribution in [2.75, 3.05) is 18.5 Å². The number of ether oxygens (including phenoxy) is 1. The van der Waals surface area contributed by atoms with Crippen molar-refractivity contribution in [3.8, 4) is 11.5 Å². The highest BCUT2D eigenvalue weighted by atomic mass is 19.3. The summed E-state index contributed by atoms with van der Waals surface area (Å²) in [5.41, 5.74) is 6.19. The number of primary amides is 1. The van der Waals surface area contributed by atoms with Crippen LogP contribution in [0.5, 0.6) is 11.5 Å². The Morgan fingerprint density at radius 2 is 1.88 bits per heavy atom. The molecule has 0 bridgehead atoms. The number of aliphatic hydroxyl groups is 1. The number of phenolic OH excluding ortho intramolecular Hbond substituents is 1. The molecule has 0 spiro atoms. The molecule has 0 aliphatic carbocycles. The Morgan fingerprint density at radius 1 is 1.10 bits per heavy atom. The van der Waals surface area contributed by atoms with Gasteiger partial charge in [0, 0.05) is 35.3 Å². The number of benzene rings is 3. The van der Waals surface area contributed by atoms with Crippen molar-refractivity contribution < 1.29 is 28.5 Å². The summed E-state index contributed by atoms with van der Waals surface area (Å²) in [7, 11) is 0. The van der Waals surface area contributed by atoms with Gasteiger partial charge in [0.25, 0.3) is 0 Å². The van der Waals surface area contributed by atoms with Crippen molar-refractivity contribution in [1.29, 1.82) is 0 Å². The Labute approximate surface area is 228 Å². The van der Waals surface area contributed by atoms with Crippen molar-refractivity contribution in [3.63, 3.8) is 0 Å². The number of hydrogen-bond donors (Lipinski definition) is 6. The number of phenols is 1. The molecule has 3 aromatic carbocycles. The van der Waals surface area contributed by atoms with Crippen LogP contribution >= 0.6 is 0 Å². The number of nitrogens with two attached hydrogens (primary N) is 1. The Hall–Kier alpha value is -4.48. The minimum atomic E-state index is -3.32. The van der Waals surface area contributed by atoms with E-state index in [9.17, 15) is 28.6 Å². The van der Waals surface area contributed by atoms with Gasteiger partial charge in [-0.25, -0.2) is 4.79 Å². The largest absolute Gasteiger partial charge is 0.506 e. The molecule has 2 amide bonds. The molecular formula is C29H30F2N4O5. The minimum absolute atomic E-state index is 0.0848. The van der Waals surface area contributed by atoms with Gasteiger partial charge >= 0.3 is 12.0 Å². The molecule has 40 heavy (non-hydrogen) atoms. The number of anilines is 1. The lowest BCUT2D eigenvalue weighted by atomic mass is 10.0. The van der Waals surface area contributed by atoms with E-state index in [4.69, 9.17) is 10.5 Å². The third kappa shape index (κ3) is 7.13. The maximum Gasteiger partial charge on any atom is 0.316 e. The first-order chi connectivity index (χ1) is 19.0. The van der Waals surface area contributed by atoms with Crippen LogP contribution in [0, 0.1) is 0 Å². The van der Waals surface area contributed by atoms with Crippen LogP contribution in [-0.2, 0) is 12.3 Å². The Morgan fingerprint density at radius 3 is 2.65 bits per heavy atom. The molecule has 0 aliphatic rings. The van der Waals surface area contributed by atoms with Crippen LogP contribution in [0.2, 0.25) is 0 Å². The molecular weight excluding hydrogens is 522 g/mol. The zero-order valence-electron chi connectivity index (χ0n) is 21.7. The summed E-state index contributed by atoms with van der Waals surface area (Å²) in [5, 5.41) is 26.9. The van der Waals surface area contributed by atoms with Crippen LogP contribution < -0.4 is 26.7 Å². The number of aromatic hydroxyl groups is 1. The number of aromatic amines is 1. The lowest BCUT2D eigenvalue weighted by Crippen LogP contribution is -2.32. The fraction of sp³-hybridized carbons (Fsp3) is 0.241. The minimum Gasteiger partial charge on any atom is -0.506 e. The van der Waals surface area contributed by atoms with Gasteiger partial charge in [0.15, 0.2) is 6.61 Å². The maximum absolute atomic E-state index is 14.8. The number of fused-ring (bicyclic) bond motifs is 1. The highest BCUT2D eigenvalue weighted by Gasteiger charge is 2.33. The second-order valence-electron chi connectivity index (χ2n) is 9.52. The first-order valence-corrected chi connectivity index (χ1v) is 12.5. The zero-order valence-corrected chi connectivity index (χ0v) is 21.7. The van der Waals surface area contributed by atoms with Gasteiger partial charge in [-0.15, -0.1) is 0 Å². The van der Waals surface area contributed by atoms with Crippen molar-refractivity contribution in [3.05, 3.63) is 99.8 Å². The molecule has 0 unspecified atom stereocenters. The van der Waals surface area contributed by atoms with Crippen molar-refractivity contribution in [2.45, 2.75) is 31.4 Å². The predicted octanol–water partition coefficient (Wildman–Crippen LogP) is 4.15. The fourth-order valence-electron chi connectivity index (χ4n) is 4.38. The van der Waals surface area contributed by atoms with Crippen LogP contribution in [-0.4, -0.2) is 40.4 Å². The van der Waals surface area contributed by atoms with E-state index in [0.717, 1.165) is 11.6 Å². The number of rotatable bonds is 11. The number of H-pyrrole nitrogens is 1. The molecule has 9 nitrogen and oxygen atoms in total. The van der Waals surface area contributed by atoms with E-state index < -0.39 is 24.7 Å². The summed E-state index contributed by atoms with van der Waals surface area (Å²) in [6.45, 7) is 1.22. The number of aromatic nitrogens is 1. The number of nitrogens with one attached hydrogen (secondary N) is 3. The Kier molecular flexibility index (Phi) is 8.66. The summed E-state index contributed by atoms with van der Waals surface area (Å²) >= 11 is 0. The molecule has 1 heterocycles. The van der Waals surface area contributed by atoms with E-state index in [2.05, 4.69) is 15.6 Å². The molecule has 0 saturated heterocycles. The van der Waals surface area contributed by atoms with E-state index in [0.29, 0.717) is 17.4 Å². The molecule has 0 aliphatic heterocycles. The van der Waals surface area contributed by atoms with E-state index in [1.54, 1.807) is 30.3 Å². The first-order valence-electron chi connectivity index (χ1n) is 12.5. The smallest absolute Gasteiger partial charge is 0.316 e. The molecule has 2 atom stereocenters. The summed E-state index contributed by atoms with van der Waals surface area (Å²) in [6, 6.07) is 17.0. The normalized spacial score (nSPS) is 13.1. The van der Waals surface area contributed by atoms with E-state index in [1.165, 1.54) is 30.3 Å². The zero-order chi connectivity index (χ0) is 28.9. The number of aliphatic hydroxyl groups excluding tert-OH is 1. The maximum atomic E-state index is 14.8. The van der Waals surface area contributed by atoms with Crippen LogP contribution in [0.15, 0.2) is 77.6 Å². The number of carbonyl (C=O) groups excluding carboxylic acids is 1. The second kappa shape index (κ2) is 12.1. The van der Waals surface area contributed by atoms with Crippen molar-refractivity contribution in [2.24, 2.45) is 5.73 Å². The molecule has 0 fully saturated rings. The van der Waals surface area contributed by atoms with Gasteiger partial charge in [-0.2, -0.15) is 8.78 Å². The van der Waals surface area contributed by atoms with Crippen LogP contribution in [0.1, 0.15) is 29.7 Å². The number of alkyl halides is 2. The summed E-state index contributed by atoms with van der Waals surface area (Å²) in [4.78, 5) is 25.2. The number of pyridine rings is 1. The quantitative estimate of drug-likeness (QED) is 0.165. The molecule has 4 rings (SSSR count). The van der Waals surface area contributed by atoms with Gasteiger partial charge in [0.2, 0.25) is 5.56 Å². The lowest BCUT2D eigenvalue weighted by molar-refractivity contribution is -0.0467. The standard InChI is InChI=1S/C29H30F2N4O5/c1-17(33-15-25(37)22-8-10-24(36)27-23(22)9-11-26(38)35-27)12-18-4-2-7-21(13-18)40-16-29(30,31)19-5-3-6-20(14-19)34-28(32)39/h2-11,13-14,17,25,33,36-37H,12,15-16H2,1H3,(H,35,38)(H3,32,34,39)/t17-,25-/m0/s1. The van der Waals surface area contributed by atoms with Gasteiger partial charge < -0.3 is 36.3 Å². The monoisotopic (exact) mass is 552 g/mol. The third-order valence-electron chi connectivity index (χ3n) is 6.34. The summed E-state index contributed by atoms with van der Waals surface area (Å²) < 4.78 is 35.0. The Bertz CT molecular complexity index is 1560. The van der Waals surface area contributed by atoms with Crippen molar-refractivity contribution in [1.82, 2.24) is 10.3 Å². The van der Waals surface area contributed by atoms with Gasteiger partial charge in [0.05, 0.1) is 11.6 Å². The molecule has 0 saturated carbocycles. The molecule has 11 heteroatoms. The van der Waals surface area contributed by atoms with Gasteiger partial charge in [-0.3, -0.25) is 4.79 Å². The number of carbonyl (C=O) groups is 1. The number of urea groups is 1. The van der Waals surface area contributed by atoms with Crippen molar-refractivity contribution >= 4 is 22.6 Å². The number of amides is 2. The third-order valence-corrected chi connectivity index (χ3v) is 6.34. The molecule has 1 aromatic heterocycles. The number of halogens is 2. The SMILES string of the molecule is C[C@@H](Cc1cccc(OCC(F)(F)c2cccc(NC(N)=O)c2)c1)NC[C@H](O)c1ccc(O)c2[nH]c(=O)ccc12. The van der Waals surface area contributed by atoms with Crippen LogP contribution in [0.4, 0.5) is 19.3 Å². The second-order valence-corrected chi connectivity index (χ2v) is 9.52. The molecule has 210 valence electrons.